The van der Waals surface area contributed by atoms with Gasteiger partial charge in [0.15, 0.2) is 11.9 Å². The van der Waals surface area contributed by atoms with Crippen LogP contribution in [0.15, 0.2) is 34.4 Å². The van der Waals surface area contributed by atoms with Gasteiger partial charge < -0.3 is 14.2 Å². The molecule has 0 saturated carbocycles. The van der Waals surface area contributed by atoms with Crippen molar-refractivity contribution in [2.75, 3.05) is 0 Å². The van der Waals surface area contributed by atoms with Gasteiger partial charge in [0.1, 0.15) is 12.2 Å². The van der Waals surface area contributed by atoms with Crippen molar-refractivity contribution >= 4 is 23.7 Å². The zero-order valence-corrected chi connectivity index (χ0v) is 19.7. The second-order valence-electron chi connectivity index (χ2n) is 9.26. The number of ether oxygens (including phenoxy) is 3. The number of allylic oxidation sites excluding steroid dienone is 2. The van der Waals surface area contributed by atoms with E-state index in [1.807, 2.05) is 26.8 Å². The quantitative estimate of drug-likeness (QED) is 0.371. The van der Waals surface area contributed by atoms with E-state index in [0.717, 1.165) is 16.7 Å². The van der Waals surface area contributed by atoms with Crippen LogP contribution >= 0.6 is 0 Å². The third kappa shape index (κ3) is 4.30. The molecule has 0 aromatic heterocycles. The lowest BCUT2D eigenvalue weighted by Crippen LogP contribution is -2.57. The minimum Gasteiger partial charge on any atom is -0.462 e. The number of esters is 3. The van der Waals surface area contributed by atoms with Crippen LogP contribution in [0.25, 0.3) is 0 Å². The van der Waals surface area contributed by atoms with Crippen molar-refractivity contribution in [1.82, 2.24) is 0 Å². The Labute approximate surface area is 188 Å². The van der Waals surface area contributed by atoms with E-state index < -0.39 is 29.7 Å². The third-order valence-corrected chi connectivity index (χ3v) is 7.06. The second-order valence-corrected chi connectivity index (χ2v) is 9.26. The fraction of sp³-hybridized carbons (Fsp3) is 0.600. The van der Waals surface area contributed by atoms with Gasteiger partial charge in [0.25, 0.3) is 0 Å². The predicted octanol–water partition coefficient (Wildman–Crippen LogP) is 3.76. The molecule has 1 heterocycles. The normalized spacial score (nSPS) is 34.4. The molecule has 3 aliphatic rings. The molecule has 0 radical (unpaired) electrons. The van der Waals surface area contributed by atoms with E-state index in [-0.39, 0.29) is 30.1 Å². The second kappa shape index (κ2) is 9.04. The molecule has 32 heavy (non-hydrogen) atoms. The molecule has 2 aliphatic carbocycles. The number of hydrogen-bond donors (Lipinski definition) is 0. The standard InChI is InChI=1S/C25H32O7/c1-7-22(28)32-21-9-8-13(2)10-20-17(15(4)24(29)31-20)12-18-14(3)11-19(27)23(25(18,21)6)30-16(5)26/h10-11,18,20-21,23H,7-9,12H2,1-6H3/b13-10-/t18-,20-,21+,23-,25-/m1/s1. The summed E-state index contributed by atoms with van der Waals surface area (Å²) in [7, 11) is 0. The molecule has 0 fully saturated rings. The lowest BCUT2D eigenvalue weighted by atomic mass is 9.59. The van der Waals surface area contributed by atoms with Gasteiger partial charge >= 0.3 is 17.9 Å². The lowest BCUT2D eigenvalue weighted by molar-refractivity contribution is -0.183. The fourth-order valence-electron chi connectivity index (χ4n) is 5.19. The van der Waals surface area contributed by atoms with Crippen LogP contribution in [-0.2, 0) is 33.4 Å². The first kappa shape index (κ1) is 24.0. The molecule has 0 spiro atoms. The number of fused-ring (bicyclic) bond motifs is 2. The Morgan fingerprint density at radius 3 is 2.50 bits per heavy atom. The Morgan fingerprint density at radius 1 is 1.19 bits per heavy atom. The summed E-state index contributed by atoms with van der Waals surface area (Å²) in [6.07, 6.45) is 2.90. The molecule has 5 atom stereocenters. The zero-order chi connectivity index (χ0) is 23.8. The molecule has 0 saturated heterocycles. The Hall–Kier alpha value is -2.70. The lowest BCUT2D eigenvalue weighted by Gasteiger charge is -2.49. The highest BCUT2D eigenvalue weighted by molar-refractivity contribution is 5.97. The molecule has 0 N–H and O–H groups in total. The maximum absolute atomic E-state index is 13.1. The average molecular weight is 445 g/mol. The fourth-order valence-corrected chi connectivity index (χ4v) is 5.19. The van der Waals surface area contributed by atoms with Gasteiger partial charge in [-0.2, -0.15) is 0 Å². The molecule has 7 heteroatoms. The predicted molar refractivity (Wildman–Crippen MR) is 116 cm³/mol. The molecule has 174 valence electrons. The van der Waals surface area contributed by atoms with E-state index >= 15 is 0 Å². The van der Waals surface area contributed by atoms with Crippen LogP contribution in [0.2, 0.25) is 0 Å². The first-order valence-corrected chi connectivity index (χ1v) is 11.2. The van der Waals surface area contributed by atoms with E-state index in [0.29, 0.717) is 24.8 Å². The summed E-state index contributed by atoms with van der Waals surface area (Å²) in [5.41, 5.74) is 2.19. The molecule has 0 unspecified atom stereocenters. The van der Waals surface area contributed by atoms with Gasteiger partial charge in [-0.25, -0.2) is 4.79 Å². The Bertz CT molecular complexity index is 938. The Balaban J connectivity index is 2.21. The topological polar surface area (TPSA) is 96.0 Å². The van der Waals surface area contributed by atoms with Crippen LogP contribution in [0.4, 0.5) is 0 Å². The first-order valence-electron chi connectivity index (χ1n) is 11.2. The average Bonchev–Trinajstić information content (AvgIpc) is 2.97. The monoisotopic (exact) mass is 444 g/mol. The smallest absolute Gasteiger partial charge is 0.334 e. The van der Waals surface area contributed by atoms with Crippen molar-refractivity contribution < 1.29 is 33.4 Å². The summed E-state index contributed by atoms with van der Waals surface area (Å²) in [4.78, 5) is 49.8. The van der Waals surface area contributed by atoms with E-state index in [1.165, 1.54) is 13.0 Å². The highest BCUT2D eigenvalue weighted by atomic mass is 16.6. The van der Waals surface area contributed by atoms with Crippen LogP contribution in [0.1, 0.15) is 67.2 Å². The van der Waals surface area contributed by atoms with E-state index in [4.69, 9.17) is 14.2 Å². The highest BCUT2D eigenvalue weighted by Crippen LogP contribution is 2.51. The summed E-state index contributed by atoms with van der Waals surface area (Å²) in [5, 5.41) is 0. The maximum Gasteiger partial charge on any atom is 0.334 e. The number of carbonyl (C=O) groups excluding carboxylic acids is 4. The van der Waals surface area contributed by atoms with E-state index in [2.05, 4.69) is 0 Å². The molecular formula is C25H32O7. The van der Waals surface area contributed by atoms with Crippen molar-refractivity contribution in [3.8, 4) is 0 Å². The van der Waals surface area contributed by atoms with Gasteiger partial charge in [-0.05, 0) is 63.7 Å². The summed E-state index contributed by atoms with van der Waals surface area (Å²) < 4.78 is 17.1. The van der Waals surface area contributed by atoms with Crippen LogP contribution < -0.4 is 0 Å². The molecule has 0 aromatic carbocycles. The minimum atomic E-state index is -1.09. The minimum absolute atomic E-state index is 0.196. The maximum atomic E-state index is 13.1. The van der Waals surface area contributed by atoms with E-state index in [1.54, 1.807) is 13.8 Å². The van der Waals surface area contributed by atoms with Gasteiger partial charge in [0, 0.05) is 18.9 Å². The number of rotatable bonds is 3. The molecule has 0 bridgehead atoms. The van der Waals surface area contributed by atoms with Gasteiger partial charge in [-0.15, -0.1) is 0 Å². The molecule has 0 amide bonds. The van der Waals surface area contributed by atoms with Crippen molar-refractivity contribution in [3.05, 3.63) is 34.4 Å². The molecule has 1 aliphatic heterocycles. The first-order chi connectivity index (χ1) is 15.0. The molecular weight excluding hydrogens is 412 g/mol. The Morgan fingerprint density at radius 2 is 1.88 bits per heavy atom. The van der Waals surface area contributed by atoms with Crippen LogP contribution in [0.3, 0.4) is 0 Å². The molecule has 3 rings (SSSR count). The van der Waals surface area contributed by atoms with Crippen molar-refractivity contribution in [3.63, 3.8) is 0 Å². The van der Waals surface area contributed by atoms with Crippen LogP contribution in [0.5, 0.6) is 0 Å². The van der Waals surface area contributed by atoms with Crippen molar-refractivity contribution in [1.29, 1.82) is 0 Å². The van der Waals surface area contributed by atoms with Gasteiger partial charge in [0.05, 0.1) is 5.41 Å². The van der Waals surface area contributed by atoms with Crippen molar-refractivity contribution in [2.45, 2.75) is 85.5 Å². The summed E-state index contributed by atoms with van der Waals surface area (Å²) in [6, 6.07) is 0. The summed E-state index contributed by atoms with van der Waals surface area (Å²) in [5.74, 6) is -1.92. The largest absolute Gasteiger partial charge is 0.462 e. The number of carbonyl (C=O) groups is 4. The highest BCUT2D eigenvalue weighted by Gasteiger charge is 2.56. The number of ketones is 1. The van der Waals surface area contributed by atoms with E-state index in [9.17, 15) is 19.2 Å². The van der Waals surface area contributed by atoms with Crippen molar-refractivity contribution in [2.24, 2.45) is 11.3 Å². The van der Waals surface area contributed by atoms with Gasteiger partial charge in [-0.1, -0.05) is 25.0 Å². The molecule has 7 nitrogen and oxygen atoms in total. The third-order valence-electron chi connectivity index (χ3n) is 7.06. The Kier molecular flexibility index (Phi) is 6.77. The SMILES string of the molecule is CCC(=O)O[C@H]1CC/C(C)=C\[C@H]2OC(=O)C(C)=C2C[C@@H]2C(C)=CC(=O)[C@@H](OC(C)=O)[C@@]12C. The summed E-state index contributed by atoms with van der Waals surface area (Å²) in [6.45, 7) is 10.4. The number of hydrogen-bond acceptors (Lipinski definition) is 7. The van der Waals surface area contributed by atoms with Crippen LogP contribution in [0, 0.1) is 11.3 Å². The molecule has 0 aromatic rings. The summed E-state index contributed by atoms with van der Waals surface area (Å²) >= 11 is 0. The van der Waals surface area contributed by atoms with Crippen LogP contribution in [-0.4, -0.2) is 42.0 Å². The van der Waals surface area contributed by atoms with Gasteiger partial charge in [-0.3, -0.25) is 14.4 Å². The van der Waals surface area contributed by atoms with Gasteiger partial charge in [0.2, 0.25) is 0 Å². The zero-order valence-electron chi connectivity index (χ0n) is 19.7.